The van der Waals surface area contributed by atoms with Crippen LogP contribution in [0.3, 0.4) is 0 Å². The number of amides is 1. The zero-order valence-electron chi connectivity index (χ0n) is 12.3. The van der Waals surface area contributed by atoms with Gasteiger partial charge in [-0.2, -0.15) is 5.26 Å². The average molecular weight is 314 g/mol. The largest absolute Gasteiger partial charge is 0.489 e. The molecule has 0 saturated heterocycles. The van der Waals surface area contributed by atoms with Crippen molar-refractivity contribution in [3.05, 3.63) is 59.9 Å². The van der Waals surface area contributed by atoms with Crippen molar-refractivity contribution < 1.29 is 18.7 Å². The summed E-state index contributed by atoms with van der Waals surface area (Å²) in [7, 11) is 0. The number of carbonyl (C=O) groups excluding carboxylic acids is 1. The Morgan fingerprint density at radius 2 is 1.87 bits per heavy atom. The Balaban J connectivity index is 1.65. The minimum atomic E-state index is -0.442. The quantitative estimate of drug-likeness (QED) is 0.796. The van der Waals surface area contributed by atoms with Gasteiger partial charge in [-0.3, -0.25) is 4.79 Å². The molecule has 0 aliphatic heterocycles. The van der Waals surface area contributed by atoms with Gasteiger partial charge in [0.2, 0.25) is 0 Å². The van der Waals surface area contributed by atoms with Crippen molar-refractivity contribution in [2.45, 2.75) is 0 Å². The van der Waals surface area contributed by atoms with Crippen molar-refractivity contribution in [1.29, 1.82) is 5.26 Å². The number of halogens is 1. The Hall–Kier alpha value is -3.07. The molecular weight excluding hydrogens is 299 g/mol. The highest BCUT2D eigenvalue weighted by atomic mass is 19.1. The van der Waals surface area contributed by atoms with Crippen LogP contribution in [0.4, 0.5) is 4.39 Å². The summed E-state index contributed by atoms with van der Waals surface area (Å²) in [6.45, 7) is 0.249. The van der Waals surface area contributed by atoms with Crippen LogP contribution in [-0.2, 0) is 4.79 Å². The maximum atomic E-state index is 13.3. The minimum absolute atomic E-state index is 0.147. The van der Waals surface area contributed by atoms with Crippen LogP contribution in [0.1, 0.15) is 5.56 Å². The maximum absolute atomic E-state index is 13.3. The Morgan fingerprint density at radius 3 is 2.57 bits per heavy atom. The smallest absolute Gasteiger partial charge is 0.258 e. The van der Waals surface area contributed by atoms with Crippen molar-refractivity contribution in [3.63, 3.8) is 0 Å². The van der Waals surface area contributed by atoms with E-state index >= 15 is 0 Å². The fourth-order valence-electron chi connectivity index (χ4n) is 1.74. The number of rotatable bonds is 7. The third-order valence-electron chi connectivity index (χ3n) is 2.87. The maximum Gasteiger partial charge on any atom is 0.258 e. The molecule has 0 spiro atoms. The van der Waals surface area contributed by atoms with Crippen LogP contribution < -0.4 is 14.8 Å². The first-order valence-electron chi connectivity index (χ1n) is 6.96. The molecule has 2 aromatic rings. The molecule has 5 nitrogen and oxygen atoms in total. The van der Waals surface area contributed by atoms with Crippen LogP contribution >= 0.6 is 0 Å². The fraction of sp³-hybridized carbons (Fsp3) is 0.176. The third kappa shape index (κ3) is 5.32. The second kappa shape index (κ2) is 8.39. The molecule has 2 rings (SSSR count). The molecule has 23 heavy (non-hydrogen) atoms. The van der Waals surface area contributed by atoms with Gasteiger partial charge < -0.3 is 14.8 Å². The van der Waals surface area contributed by atoms with E-state index in [1.54, 1.807) is 36.4 Å². The summed E-state index contributed by atoms with van der Waals surface area (Å²) >= 11 is 0. The van der Waals surface area contributed by atoms with Crippen molar-refractivity contribution in [1.82, 2.24) is 5.32 Å². The zero-order valence-corrected chi connectivity index (χ0v) is 12.3. The Morgan fingerprint density at radius 1 is 1.13 bits per heavy atom. The van der Waals surface area contributed by atoms with E-state index < -0.39 is 5.82 Å². The van der Waals surface area contributed by atoms with Gasteiger partial charge >= 0.3 is 0 Å². The van der Waals surface area contributed by atoms with E-state index in [-0.39, 0.29) is 31.4 Å². The van der Waals surface area contributed by atoms with E-state index in [4.69, 9.17) is 14.7 Å². The average Bonchev–Trinajstić information content (AvgIpc) is 2.59. The lowest BCUT2D eigenvalue weighted by molar-refractivity contribution is -0.123. The van der Waals surface area contributed by atoms with E-state index in [1.165, 1.54) is 12.1 Å². The fourth-order valence-corrected chi connectivity index (χ4v) is 1.74. The number of nitrogens with zero attached hydrogens (tertiary/aromatic N) is 1. The van der Waals surface area contributed by atoms with Gasteiger partial charge in [0.1, 0.15) is 12.4 Å². The lowest BCUT2D eigenvalue weighted by atomic mass is 10.2. The first-order valence-corrected chi connectivity index (χ1v) is 6.96. The van der Waals surface area contributed by atoms with Gasteiger partial charge in [0, 0.05) is 0 Å². The molecule has 0 radical (unpaired) electrons. The lowest BCUT2D eigenvalue weighted by Crippen LogP contribution is -2.32. The van der Waals surface area contributed by atoms with Gasteiger partial charge in [0.05, 0.1) is 18.2 Å². The molecule has 0 aromatic heterocycles. The van der Waals surface area contributed by atoms with E-state index in [9.17, 15) is 9.18 Å². The number of benzene rings is 2. The monoisotopic (exact) mass is 314 g/mol. The van der Waals surface area contributed by atoms with Gasteiger partial charge in [-0.15, -0.1) is 0 Å². The van der Waals surface area contributed by atoms with Crippen LogP contribution in [0.5, 0.6) is 11.5 Å². The van der Waals surface area contributed by atoms with Gasteiger partial charge in [-0.05, 0) is 36.4 Å². The van der Waals surface area contributed by atoms with Crippen LogP contribution in [-0.4, -0.2) is 25.7 Å². The summed E-state index contributed by atoms with van der Waals surface area (Å²) in [5.74, 6) is -0.105. The predicted octanol–water partition coefficient (Wildman–Crippen LogP) is 2.27. The molecular formula is C17H15FN2O3. The molecule has 118 valence electrons. The van der Waals surface area contributed by atoms with Crippen molar-refractivity contribution in [2.75, 3.05) is 19.8 Å². The molecule has 2 aromatic carbocycles. The SMILES string of the molecule is N#Cc1ccc(OCC(=O)NCCOc2ccccc2F)cc1. The lowest BCUT2D eigenvalue weighted by Gasteiger charge is -2.09. The summed E-state index contributed by atoms with van der Waals surface area (Å²) in [4.78, 5) is 11.6. The van der Waals surface area contributed by atoms with Crippen molar-refractivity contribution in [3.8, 4) is 17.6 Å². The third-order valence-corrected chi connectivity index (χ3v) is 2.87. The number of hydrogen-bond donors (Lipinski definition) is 1. The van der Waals surface area contributed by atoms with Gasteiger partial charge in [-0.1, -0.05) is 12.1 Å². The zero-order chi connectivity index (χ0) is 16.5. The van der Waals surface area contributed by atoms with Crippen LogP contribution in [0.2, 0.25) is 0 Å². The highest BCUT2D eigenvalue weighted by molar-refractivity contribution is 5.77. The second-order valence-electron chi connectivity index (χ2n) is 4.55. The Kier molecular flexibility index (Phi) is 5.95. The van der Waals surface area contributed by atoms with Crippen LogP contribution in [0, 0.1) is 17.1 Å². The summed E-state index contributed by atoms with van der Waals surface area (Å²) in [6.07, 6.45) is 0. The number of para-hydroxylation sites is 1. The molecule has 1 N–H and O–H groups in total. The molecule has 0 atom stereocenters. The first kappa shape index (κ1) is 16.3. The summed E-state index contributed by atoms with van der Waals surface area (Å²) in [5.41, 5.74) is 0.520. The van der Waals surface area contributed by atoms with Gasteiger partial charge in [-0.25, -0.2) is 4.39 Å². The summed E-state index contributed by atoms with van der Waals surface area (Å²) < 4.78 is 23.8. The molecule has 0 unspecified atom stereocenters. The second-order valence-corrected chi connectivity index (χ2v) is 4.55. The molecule has 0 fully saturated rings. The van der Waals surface area contributed by atoms with Crippen molar-refractivity contribution >= 4 is 5.91 Å². The number of nitriles is 1. The molecule has 0 aliphatic carbocycles. The van der Waals surface area contributed by atoms with Crippen LogP contribution in [0.15, 0.2) is 48.5 Å². The first-order chi connectivity index (χ1) is 11.2. The molecule has 0 heterocycles. The highest BCUT2D eigenvalue weighted by Gasteiger charge is 2.04. The predicted molar refractivity (Wildman–Crippen MR) is 81.6 cm³/mol. The number of hydrogen-bond acceptors (Lipinski definition) is 4. The molecule has 0 aliphatic rings. The standard InChI is InChI=1S/C17H15FN2O3/c18-15-3-1-2-4-16(15)22-10-9-20-17(21)12-23-14-7-5-13(11-19)6-8-14/h1-8H,9-10,12H2,(H,20,21). The van der Waals surface area contributed by atoms with E-state index in [2.05, 4.69) is 5.32 Å². The van der Waals surface area contributed by atoms with Crippen LogP contribution in [0.25, 0.3) is 0 Å². The topological polar surface area (TPSA) is 71.3 Å². The molecule has 1 amide bonds. The number of nitrogens with one attached hydrogen (secondary N) is 1. The van der Waals surface area contributed by atoms with E-state index in [1.807, 2.05) is 6.07 Å². The normalized spacial score (nSPS) is 9.74. The van der Waals surface area contributed by atoms with Crippen molar-refractivity contribution in [2.24, 2.45) is 0 Å². The molecule has 0 saturated carbocycles. The molecule has 6 heteroatoms. The van der Waals surface area contributed by atoms with Gasteiger partial charge in [0.15, 0.2) is 18.2 Å². The minimum Gasteiger partial charge on any atom is -0.489 e. The summed E-state index contributed by atoms with van der Waals surface area (Å²) in [6, 6.07) is 14.5. The van der Waals surface area contributed by atoms with Gasteiger partial charge in [0.25, 0.3) is 5.91 Å². The summed E-state index contributed by atoms with van der Waals surface area (Å²) in [5, 5.41) is 11.3. The highest BCUT2D eigenvalue weighted by Crippen LogP contribution is 2.14. The molecule has 0 bridgehead atoms. The number of ether oxygens (including phenoxy) is 2. The van der Waals surface area contributed by atoms with E-state index in [0.29, 0.717) is 11.3 Å². The number of carbonyl (C=O) groups is 1. The Bertz CT molecular complexity index is 696. The Labute approximate surface area is 133 Å². The van der Waals surface area contributed by atoms with E-state index in [0.717, 1.165) is 0 Å².